The van der Waals surface area contributed by atoms with E-state index in [4.69, 9.17) is 14.7 Å². The minimum atomic E-state index is -0.0843. The number of fused-ring (bicyclic) bond motifs is 13. The molecule has 4 aromatic heterocycles. The molecular formula is C58H39N5OPt. The van der Waals surface area contributed by atoms with Crippen molar-refractivity contribution in [3.8, 4) is 62.3 Å². The van der Waals surface area contributed by atoms with Crippen LogP contribution < -0.4 is 4.74 Å². The van der Waals surface area contributed by atoms with E-state index in [0.29, 0.717) is 11.5 Å². The van der Waals surface area contributed by atoms with Gasteiger partial charge >= 0.3 is 21.1 Å². The van der Waals surface area contributed by atoms with Gasteiger partial charge in [-0.05, 0) is 82.1 Å². The molecule has 0 unspecified atom stereocenters. The molecule has 312 valence electrons. The molecule has 0 fully saturated rings. The quantitative estimate of drug-likeness (QED) is 0.161. The fraction of sp³-hybridized carbons (Fsp3) is 0.0690. The van der Waals surface area contributed by atoms with Crippen LogP contribution in [0.1, 0.15) is 26.3 Å². The molecule has 7 heteroatoms. The topological polar surface area (TPSA) is 49.8 Å². The van der Waals surface area contributed by atoms with Crippen LogP contribution in [0.4, 0.5) is 0 Å². The minimum Gasteiger partial charge on any atom is -0.503 e. The molecule has 8 aromatic carbocycles. The van der Waals surface area contributed by atoms with Gasteiger partial charge < -0.3 is 18.4 Å². The Morgan fingerprint density at radius 3 is 2.12 bits per heavy atom. The maximum atomic E-state index is 6.75. The molecule has 12 aromatic rings. The molecule has 0 atom stereocenters. The summed E-state index contributed by atoms with van der Waals surface area (Å²) in [5.74, 6) is 2.76. The van der Waals surface area contributed by atoms with Gasteiger partial charge in [-0.1, -0.05) is 123 Å². The van der Waals surface area contributed by atoms with Crippen LogP contribution in [0.2, 0.25) is 0 Å². The molecule has 6 nitrogen and oxygen atoms in total. The first kappa shape index (κ1) is 39.1. The van der Waals surface area contributed by atoms with E-state index in [0.717, 1.165) is 61.4 Å². The summed E-state index contributed by atoms with van der Waals surface area (Å²) in [6.45, 7) is 6.73. The van der Waals surface area contributed by atoms with E-state index in [1.165, 1.54) is 49.6 Å². The van der Waals surface area contributed by atoms with Gasteiger partial charge in [0.15, 0.2) is 0 Å². The van der Waals surface area contributed by atoms with Crippen molar-refractivity contribution in [2.24, 2.45) is 0 Å². The third kappa shape index (κ3) is 5.97. The molecule has 0 aliphatic carbocycles. The monoisotopic (exact) mass is 1020 g/mol. The standard InChI is InChI=1S/C58H39N5O.Pt/c1-58(2,3)37-31-32-59-53(34-37)62-50-29-30-51-54(43-21-8-7-19-41(43)44-22-14-23-45-42-20-9-11-25-48(42)63(51)56(44)45)55(50)46-28-27-40(35-52(46)62)64-39-18-13-15-36(33-39)57-60-47-24-10-12-26-49(47)61(57)38-16-5-4-6-17-38;/h4-32,34H,1-3H3;/q-2;+2. The number of hydrogen-bond donors (Lipinski definition) is 0. The van der Waals surface area contributed by atoms with Crippen molar-refractivity contribution >= 4 is 54.6 Å². The largest absolute Gasteiger partial charge is 2.00 e. The van der Waals surface area contributed by atoms with Crippen LogP contribution in [-0.2, 0) is 26.5 Å². The zero-order valence-corrected chi connectivity index (χ0v) is 38.1. The summed E-state index contributed by atoms with van der Waals surface area (Å²) in [7, 11) is 0. The van der Waals surface area contributed by atoms with Gasteiger partial charge in [0.2, 0.25) is 0 Å². The Morgan fingerprint density at radius 2 is 1.26 bits per heavy atom. The van der Waals surface area contributed by atoms with Gasteiger partial charge in [0.05, 0.1) is 33.6 Å². The van der Waals surface area contributed by atoms with Gasteiger partial charge in [0.1, 0.15) is 5.82 Å². The summed E-state index contributed by atoms with van der Waals surface area (Å²) in [6, 6.07) is 69.3. The SMILES string of the molecule is CC(C)(C)c1ccnc(-n2c3[c-]c(Oc4[c-]c(-c5nc6ccccc6n5-c5ccccc5)ccc4)ccc3c3c4c(ccc32)-n2c3ccccc3c3cccc(c32)-c2ccccc2-4)c1.[Pt+2]. The van der Waals surface area contributed by atoms with E-state index in [1.807, 2.05) is 66.9 Å². The molecule has 0 saturated heterocycles. The van der Waals surface area contributed by atoms with Crippen LogP contribution in [0, 0.1) is 12.1 Å². The van der Waals surface area contributed by atoms with Crippen molar-refractivity contribution in [2.75, 3.05) is 0 Å². The first-order chi connectivity index (χ1) is 31.4. The maximum Gasteiger partial charge on any atom is 2.00 e. The van der Waals surface area contributed by atoms with Gasteiger partial charge in [-0.25, -0.2) is 4.98 Å². The summed E-state index contributed by atoms with van der Waals surface area (Å²) < 4.78 is 13.7. The van der Waals surface area contributed by atoms with E-state index >= 15 is 0 Å². The van der Waals surface area contributed by atoms with E-state index in [2.05, 4.69) is 162 Å². The Hall–Kier alpha value is -7.53. The Bertz CT molecular complexity index is 3870. The summed E-state index contributed by atoms with van der Waals surface area (Å²) >= 11 is 0. The van der Waals surface area contributed by atoms with Gasteiger partial charge in [-0.15, -0.1) is 41.3 Å². The molecule has 1 aliphatic heterocycles. The fourth-order valence-electron chi connectivity index (χ4n) is 9.99. The molecule has 0 bridgehead atoms. The Labute approximate surface area is 390 Å². The normalized spacial score (nSPS) is 12.1. The molecule has 5 heterocycles. The third-order valence-corrected chi connectivity index (χ3v) is 12.9. The molecule has 0 saturated carbocycles. The van der Waals surface area contributed by atoms with Crippen molar-refractivity contribution < 1.29 is 25.8 Å². The summed E-state index contributed by atoms with van der Waals surface area (Å²) in [5.41, 5.74) is 15.2. The average Bonchev–Trinajstić information content (AvgIpc) is 3.97. The predicted molar refractivity (Wildman–Crippen MR) is 260 cm³/mol. The fourth-order valence-corrected chi connectivity index (χ4v) is 9.99. The third-order valence-electron chi connectivity index (χ3n) is 12.9. The van der Waals surface area contributed by atoms with Crippen LogP contribution in [0.3, 0.4) is 0 Å². The molecule has 0 N–H and O–H groups in total. The molecule has 1 aliphatic rings. The number of imidazole rings is 1. The number of ether oxygens (including phenoxy) is 1. The van der Waals surface area contributed by atoms with Crippen molar-refractivity contribution in [2.45, 2.75) is 26.2 Å². The van der Waals surface area contributed by atoms with E-state index < -0.39 is 0 Å². The number of aromatic nitrogens is 5. The molecule has 0 radical (unpaired) electrons. The van der Waals surface area contributed by atoms with Gasteiger partial charge in [0.25, 0.3) is 0 Å². The van der Waals surface area contributed by atoms with Gasteiger partial charge in [0, 0.05) is 50.8 Å². The van der Waals surface area contributed by atoms with Crippen LogP contribution in [-0.4, -0.2) is 23.7 Å². The van der Waals surface area contributed by atoms with Crippen LogP contribution in [0.25, 0.3) is 105 Å². The smallest absolute Gasteiger partial charge is 0.503 e. The molecule has 0 spiro atoms. The Morgan fingerprint density at radius 1 is 0.538 bits per heavy atom. The van der Waals surface area contributed by atoms with E-state index in [-0.39, 0.29) is 26.5 Å². The second kappa shape index (κ2) is 14.8. The minimum absolute atomic E-state index is 0. The molecular weight excluding hydrogens is 978 g/mol. The first-order valence-electron chi connectivity index (χ1n) is 21.8. The van der Waals surface area contributed by atoms with Crippen molar-refractivity contribution in [3.63, 3.8) is 0 Å². The average molecular weight is 1020 g/mol. The second-order valence-electron chi connectivity index (χ2n) is 17.7. The molecule has 0 amide bonds. The number of rotatable bonds is 5. The van der Waals surface area contributed by atoms with Gasteiger partial charge in [-0.2, -0.15) is 6.07 Å². The predicted octanol–water partition coefficient (Wildman–Crippen LogP) is 14.6. The van der Waals surface area contributed by atoms with Crippen molar-refractivity contribution in [1.82, 2.24) is 23.7 Å². The van der Waals surface area contributed by atoms with Crippen LogP contribution >= 0.6 is 0 Å². The zero-order valence-electron chi connectivity index (χ0n) is 35.8. The van der Waals surface area contributed by atoms with Crippen molar-refractivity contribution in [3.05, 3.63) is 200 Å². The van der Waals surface area contributed by atoms with Crippen LogP contribution in [0.15, 0.2) is 182 Å². The summed E-state index contributed by atoms with van der Waals surface area (Å²) in [5, 5.41) is 4.68. The molecule has 13 rings (SSSR count). The number of pyridine rings is 1. The van der Waals surface area contributed by atoms with Crippen molar-refractivity contribution in [1.29, 1.82) is 0 Å². The summed E-state index contributed by atoms with van der Waals surface area (Å²) in [6.07, 6.45) is 1.93. The maximum absolute atomic E-state index is 6.75. The first-order valence-corrected chi connectivity index (χ1v) is 21.8. The number of hydrogen-bond acceptors (Lipinski definition) is 3. The van der Waals surface area contributed by atoms with E-state index in [1.54, 1.807) is 0 Å². The second-order valence-corrected chi connectivity index (χ2v) is 17.7. The Balaban J connectivity index is 0.00000444. The van der Waals surface area contributed by atoms with Crippen LogP contribution in [0.5, 0.6) is 11.5 Å². The number of para-hydroxylation sites is 5. The number of benzene rings is 8. The number of nitrogens with zero attached hydrogens (tertiary/aromatic N) is 5. The Kier molecular flexibility index (Phi) is 8.88. The summed E-state index contributed by atoms with van der Waals surface area (Å²) in [4.78, 5) is 10.2. The van der Waals surface area contributed by atoms with Gasteiger partial charge in [-0.3, -0.25) is 4.98 Å². The zero-order chi connectivity index (χ0) is 42.7. The molecule has 65 heavy (non-hydrogen) atoms. The van der Waals surface area contributed by atoms with E-state index in [9.17, 15) is 0 Å².